The van der Waals surface area contributed by atoms with E-state index in [4.69, 9.17) is 18.5 Å². The molecule has 8 atom stereocenters. The number of esters is 2. The van der Waals surface area contributed by atoms with Gasteiger partial charge in [-0.15, -0.1) is 0 Å². The van der Waals surface area contributed by atoms with Gasteiger partial charge in [0.2, 0.25) is 0 Å². The van der Waals surface area contributed by atoms with Crippen molar-refractivity contribution < 1.29 is 63.1 Å². The number of carbonyl (C=O) groups excluding carboxylic acids is 2. The number of allylic oxidation sites excluding steroid dienone is 2. The second-order valence-corrected chi connectivity index (χ2v) is 23.0. The van der Waals surface area contributed by atoms with Crippen LogP contribution in [0.4, 0.5) is 0 Å². The third-order valence-corrected chi connectivity index (χ3v) is 15.6. The molecule has 73 heavy (non-hydrogen) atoms. The first-order chi connectivity index (χ1) is 35.4. The summed E-state index contributed by atoms with van der Waals surface area (Å²) < 4.78 is 33.8. The van der Waals surface area contributed by atoms with Crippen LogP contribution in [-0.2, 0) is 32.7 Å². The van der Waals surface area contributed by atoms with Gasteiger partial charge >= 0.3 is 19.8 Å². The summed E-state index contributed by atoms with van der Waals surface area (Å²) in [5.41, 5.74) is 0. The van der Waals surface area contributed by atoms with Crippen LogP contribution >= 0.6 is 7.82 Å². The van der Waals surface area contributed by atoms with E-state index < -0.39 is 75.7 Å². The fourth-order valence-corrected chi connectivity index (χ4v) is 10.7. The van der Waals surface area contributed by atoms with Gasteiger partial charge in [-0.2, -0.15) is 0 Å². The Kier molecular flexibility index (Phi) is 46.6. The zero-order valence-corrected chi connectivity index (χ0v) is 47.6. The van der Waals surface area contributed by atoms with Crippen LogP contribution in [0, 0.1) is 0 Å². The van der Waals surface area contributed by atoms with E-state index in [0.29, 0.717) is 12.8 Å². The molecular formula is C59H113O13P. The van der Waals surface area contributed by atoms with Gasteiger partial charge in [0, 0.05) is 12.8 Å². The van der Waals surface area contributed by atoms with E-state index >= 15 is 0 Å². The molecule has 14 heteroatoms. The second kappa shape index (κ2) is 48.9. The van der Waals surface area contributed by atoms with Crippen LogP contribution in [0.5, 0.6) is 0 Å². The number of hydrogen-bond acceptors (Lipinski definition) is 12. The maximum absolute atomic E-state index is 12.9. The van der Waals surface area contributed by atoms with Crippen LogP contribution in [-0.4, -0.2) is 98.3 Å². The number of ether oxygens (including phenoxy) is 2. The van der Waals surface area contributed by atoms with Crippen LogP contribution in [0.25, 0.3) is 0 Å². The molecule has 1 aliphatic carbocycles. The number of phosphoric acid groups is 1. The first kappa shape index (κ1) is 69.6. The van der Waals surface area contributed by atoms with Gasteiger partial charge in [-0.1, -0.05) is 257 Å². The molecule has 0 aromatic heterocycles. The molecule has 1 rings (SSSR count). The topological polar surface area (TPSA) is 210 Å². The number of hydrogen-bond donors (Lipinski definition) is 6. The lowest BCUT2D eigenvalue weighted by Gasteiger charge is -2.41. The number of carbonyl (C=O) groups is 2. The van der Waals surface area contributed by atoms with E-state index in [-0.39, 0.29) is 12.8 Å². The van der Waals surface area contributed by atoms with Crippen molar-refractivity contribution in [2.24, 2.45) is 0 Å². The molecule has 0 aromatic carbocycles. The Labute approximate surface area is 445 Å². The molecule has 1 saturated carbocycles. The summed E-state index contributed by atoms with van der Waals surface area (Å²) in [6, 6.07) is 0. The van der Waals surface area contributed by atoms with Crippen LogP contribution in [0.3, 0.4) is 0 Å². The Hall–Kier alpha value is -1.41. The molecule has 1 fully saturated rings. The van der Waals surface area contributed by atoms with E-state index in [2.05, 4.69) is 26.0 Å². The molecule has 0 amide bonds. The molecule has 1 aliphatic rings. The molecule has 0 aromatic rings. The van der Waals surface area contributed by atoms with Gasteiger partial charge in [0.05, 0.1) is 6.61 Å². The van der Waals surface area contributed by atoms with Crippen molar-refractivity contribution in [2.75, 3.05) is 13.2 Å². The molecule has 6 unspecified atom stereocenters. The highest BCUT2D eigenvalue weighted by Crippen LogP contribution is 2.47. The van der Waals surface area contributed by atoms with E-state index in [1.54, 1.807) is 0 Å². The predicted octanol–water partition coefficient (Wildman–Crippen LogP) is 14.5. The standard InChI is InChI=1S/C59H113O13P/c1-3-5-7-9-11-13-15-17-19-21-23-25-26-28-30-32-34-36-38-40-42-44-46-48-53(61)71-51(50-70-73(67,68)72-59-57(65)55(63)54(62)56(64)58(59)66)49-69-52(60)47-45-43-41-39-37-35-33-31-29-27-24-22-20-18-16-14-12-10-8-6-4-2/h18,20,51,54-59,62-66H,3-17,19,21-50H2,1-2H3,(H,67,68)/b20-18+/t51-,54?,55-,56?,57?,58?,59?/m1/s1. The molecule has 6 N–H and O–H groups in total. The zero-order chi connectivity index (χ0) is 53.5. The Morgan fingerprint density at radius 2 is 0.699 bits per heavy atom. The van der Waals surface area contributed by atoms with Crippen molar-refractivity contribution in [3.63, 3.8) is 0 Å². The molecule has 0 spiro atoms. The number of unbranched alkanes of at least 4 members (excludes halogenated alkanes) is 39. The van der Waals surface area contributed by atoms with Crippen molar-refractivity contribution in [3.8, 4) is 0 Å². The average molecular weight is 1060 g/mol. The lowest BCUT2D eigenvalue weighted by atomic mass is 9.85. The maximum Gasteiger partial charge on any atom is 0.472 e. The molecule has 0 radical (unpaired) electrons. The fourth-order valence-electron chi connectivity index (χ4n) is 9.76. The summed E-state index contributed by atoms with van der Waals surface area (Å²) in [7, 11) is -5.12. The highest BCUT2D eigenvalue weighted by Gasteiger charge is 2.51. The summed E-state index contributed by atoms with van der Waals surface area (Å²) in [5.74, 6) is -1.08. The number of aliphatic hydroxyl groups is 5. The number of phosphoric ester groups is 1. The lowest BCUT2D eigenvalue weighted by molar-refractivity contribution is -0.220. The van der Waals surface area contributed by atoms with Crippen molar-refractivity contribution in [1.29, 1.82) is 0 Å². The van der Waals surface area contributed by atoms with Gasteiger partial charge in [0.25, 0.3) is 0 Å². The summed E-state index contributed by atoms with van der Waals surface area (Å²) in [5, 5.41) is 50.4. The van der Waals surface area contributed by atoms with Crippen LogP contribution in [0.15, 0.2) is 12.2 Å². The molecule has 13 nitrogen and oxygen atoms in total. The zero-order valence-electron chi connectivity index (χ0n) is 46.7. The summed E-state index contributed by atoms with van der Waals surface area (Å²) in [6.45, 7) is 3.37. The maximum atomic E-state index is 12.9. The Balaban J connectivity index is 2.29. The van der Waals surface area contributed by atoms with Crippen molar-refractivity contribution in [1.82, 2.24) is 0 Å². The predicted molar refractivity (Wildman–Crippen MR) is 295 cm³/mol. The minimum atomic E-state index is -5.12. The van der Waals surface area contributed by atoms with Crippen molar-refractivity contribution in [2.45, 2.75) is 339 Å². The summed E-state index contributed by atoms with van der Waals surface area (Å²) in [6.07, 6.45) is 44.0. The molecule has 432 valence electrons. The fraction of sp³-hybridized carbons (Fsp3) is 0.932. The minimum absolute atomic E-state index is 0.104. The molecule has 0 aliphatic heterocycles. The highest BCUT2D eigenvalue weighted by molar-refractivity contribution is 7.47. The van der Waals surface area contributed by atoms with Gasteiger partial charge in [-0.25, -0.2) is 4.57 Å². The van der Waals surface area contributed by atoms with Crippen molar-refractivity contribution in [3.05, 3.63) is 12.2 Å². The van der Waals surface area contributed by atoms with E-state index in [1.807, 2.05) is 0 Å². The molecule has 0 bridgehead atoms. The Bertz CT molecular complexity index is 1320. The van der Waals surface area contributed by atoms with Gasteiger partial charge < -0.3 is 39.9 Å². The van der Waals surface area contributed by atoms with E-state index in [0.717, 1.165) is 38.5 Å². The monoisotopic (exact) mass is 1060 g/mol. The summed E-state index contributed by atoms with van der Waals surface area (Å²) in [4.78, 5) is 36.0. The van der Waals surface area contributed by atoms with Crippen molar-refractivity contribution >= 4 is 19.8 Å². The highest BCUT2D eigenvalue weighted by atomic mass is 31.2. The van der Waals surface area contributed by atoms with Crippen LogP contribution < -0.4 is 0 Å². The van der Waals surface area contributed by atoms with E-state index in [9.17, 15) is 44.6 Å². The minimum Gasteiger partial charge on any atom is -0.462 e. The Morgan fingerprint density at radius 3 is 1.04 bits per heavy atom. The molecule has 0 heterocycles. The quantitative estimate of drug-likeness (QED) is 0.0145. The van der Waals surface area contributed by atoms with Crippen LogP contribution in [0.2, 0.25) is 0 Å². The smallest absolute Gasteiger partial charge is 0.462 e. The van der Waals surface area contributed by atoms with E-state index in [1.165, 1.54) is 218 Å². The first-order valence-electron chi connectivity index (χ1n) is 30.5. The van der Waals surface area contributed by atoms with Gasteiger partial charge in [0.1, 0.15) is 43.2 Å². The third-order valence-electron chi connectivity index (χ3n) is 14.6. The van der Waals surface area contributed by atoms with Gasteiger partial charge in [-0.3, -0.25) is 18.6 Å². The normalized spacial score (nSPS) is 20.4. The largest absolute Gasteiger partial charge is 0.472 e. The molecular weight excluding hydrogens is 948 g/mol. The van der Waals surface area contributed by atoms with Crippen LogP contribution in [0.1, 0.15) is 296 Å². The Morgan fingerprint density at radius 1 is 0.411 bits per heavy atom. The third kappa shape index (κ3) is 40.5. The van der Waals surface area contributed by atoms with Gasteiger partial charge in [0.15, 0.2) is 6.10 Å². The number of rotatable bonds is 53. The van der Waals surface area contributed by atoms with Gasteiger partial charge in [-0.05, 0) is 38.5 Å². The average Bonchev–Trinajstić information content (AvgIpc) is 3.37. The SMILES string of the molecule is CCCCCCCC/C=C/CCCCCCCCCCCCCC(=O)OC[C@H](COP(=O)(O)OC1C(O)C(O)C(O)[C@@H](O)C1O)OC(=O)CCCCCCCCCCCCCCCCCCCCCCCCC. The number of aliphatic hydroxyl groups excluding tert-OH is 5. The molecule has 0 saturated heterocycles. The first-order valence-corrected chi connectivity index (χ1v) is 32.0. The lowest BCUT2D eigenvalue weighted by Crippen LogP contribution is -2.64. The summed E-state index contributed by atoms with van der Waals surface area (Å²) >= 11 is 0. The second-order valence-electron chi connectivity index (χ2n) is 21.6.